The van der Waals surface area contributed by atoms with Crippen molar-refractivity contribution in [2.75, 3.05) is 31.5 Å². The number of carbonyl (C=O) groups excluding carboxylic acids is 1. The lowest BCUT2D eigenvalue weighted by atomic mass is 10.4. The first-order valence-electron chi connectivity index (χ1n) is 4.70. The summed E-state index contributed by atoms with van der Waals surface area (Å²) >= 11 is 5.35. The number of hydrogen-bond donors (Lipinski definition) is 1. The molecule has 1 amide bonds. The molecule has 0 spiro atoms. The second kappa shape index (κ2) is 7.03. The van der Waals surface area contributed by atoms with E-state index in [-0.39, 0.29) is 11.8 Å². The number of nitrogens with one attached hydrogen (secondary N) is 1. The second-order valence-corrected chi connectivity index (χ2v) is 3.18. The van der Waals surface area contributed by atoms with Gasteiger partial charge in [0.25, 0.3) is 0 Å². The first-order chi connectivity index (χ1) is 7.76. The van der Waals surface area contributed by atoms with Crippen molar-refractivity contribution in [2.45, 2.75) is 0 Å². The summed E-state index contributed by atoms with van der Waals surface area (Å²) in [5.74, 6) is 0.143. The van der Waals surface area contributed by atoms with Crippen LogP contribution < -0.4 is 10.1 Å². The Labute approximate surface area is 98.7 Å². The van der Waals surface area contributed by atoms with Crippen molar-refractivity contribution in [1.29, 1.82) is 0 Å². The maximum absolute atomic E-state index is 11.0. The van der Waals surface area contributed by atoms with Gasteiger partial charge in [0.2, 0.25) is 11.8 Å². The van der Waals surface area contributed by atoms with Crippen LogP contribution in [0.1, 0.15) is 0 Å². The molecule has 1 rings (SSSR count). The predicted molar refractivity (Wildman–Crippen MR) is 61.0 cm³/mol. The van der Waals surface area contributed by atoms with Gasteiger partial charge in [-0.05, 0) is 6.07 Å². The van der Waals surface area contributed by atoms with Gasteiger partial charge in [-0.2, -0.15) is 0 Å². The number of ether oxygens (including phenoxy) is 2. The van der Waals surface area contributed by atoms with Crippen LogP contribution in [0.15, 0.2) is 18.3 Å². The van der Waals surface area contributed by atoms with Crippen molar-refractivity contribution in [3.05, 3.63) is 18.3 Å². The van der Waals surface area contributed by atoms with E-state index in [9.17, 15) is 4.79 Å². The number of aromatic nitrogens is 1. The highest BCUT2D eigenvalue weighted by molar-refractivity contribution is 6.29. The number of carbonyl (C=O) groups is 1. The van der Waals surface area contributed by atoms with E-state index in [1.54, 1.807) is 19.2 Å². The summed E-state index contributed by atoms with van der Waals surface area (Å²) < 4.78 is 10.1. The molecule has 0 aromatic carbocycles. The highest BCUT2D eigenvalue weighted by Gasteiger charge is 2.01. The van der Waals surface area contributed by atoms with E-state index >= 15 is 0 Å². The van der Waals surface area contributed by atoms with Crippen LogP contribution in [-0.2, 0) is 9.53 Å². The van der Waals surface area contributed by atoms with E-state index in [0.717, 1.165) is 0 Å². The number of anilines is 1. The van der Waals surface area contributed by atoms with Gasteiger partial charge >= 0.3 is 0 Å². The monoisotopic (exact) mass is 244 g/mol. The third kappa shape index (κ3) is 4.46. The van der Waals surface area contributed by atoms with Gasteiger partial charge in [0, 0.05) is 13.2 Å². The fraction of sp³-hybridized carbons (Fsp3) is 0.400. The number of nitrogens with zero attached hydrogens (tertiary/aromatic N) is 1. The average Bonchev–Trinajstić information content (AvgIpc) is 2.31. The van der Waals surface area contributed by atoms with Crippen molar-refractivity contribution in [1.82, 2.24) is 4.98 Å². The first kappa shape index (κ1) is 12.7. The summed E-state index contributed by atoms with van der Waals surface area (Å²) in [6.45, 7) is 0.948. The lowest BCUT2D eigenvalue weighted by Crippen LogP contribution is -2.12. The summed E-state index contributed by atoms with van der Waals surface area (Å²) in [6, 6.07) is 3.36. The minimum atomic E-state index is -0.267. The van der Waals surface area contributed by atoms with E-state index in [2.05, 4.69) is 10.3 Å². The van der Waals surface area contributed by atoms with Crippen molar-refractivity contribution in [3.63, 3.8) is 0 Å². The summed E-state index contributed by atoms with van der Waals surface area (Å²) in [5, 5.41) is 2.57. The van der Waals surface area contributed by atoms with Gasteiger partial charge in [0.15, 0.2) is 0 Å². The van der Waals surface area contributed by atoms with Crippen LogP contribution in [0.3, 0.4) is 0 Å². The number of rotatable bonds is 6. The highest BCUT2D eigenvalue weighted by Crippen LogP contribution is 2.11. The molecule has 0 saturated heterocycles. The first-order valence-corrected chi connectivity index (χ1v) is 5.23. The van der Waals surface area contributed by atoms with Crippen LogP contribution in [0.2, 0.25) is 0 Å². The molecular formula is C10H13ClN2O3. The fourth-order valence-electron chi connectivity index (χ4n) is 0.964. The fourth-order valence-corrected chi connectivity index (χ4v) is 1.03. The molecule has 0 bridgehead atoms. The smallest absolute Gasteiger partial charge is 0.239 e. The van der Waals surface area contributed by atoms with Crippen LogP contribution >= 0.6 is 11.6 Å². The lowest BCUT2D eigenvalue weighted by molar-refractivity contribution is -0.113. The second-order valence-electron chi connectivity index (χ2n) is 2.91. The largest absolute Gasteiger partial charge is 0.475 e. The molecule has 0 aliphatic heterocycles. The Morgan fingerprint density at radius 2 is 2.31 bits per heavy atom. The number of pyridine rings is 1. The normalized spacial score (nSPS) is 9.88. The SMILES string of the molecule is COCCOc1ccc(NC(=O)CCl)cn1. The number of hydrogen-bond acceptors (Lipinski definition) is 4. The number of alkyl halides is 1. The van der Waals surface area contributed by atoms with E-state index in [4.69, 9.17) is 21.1 Å². The van der Waals surface area contributed by atoms with Crippen LogP contribution in [0.25, 0.3) is 0 Å². The molecule has 0 aliphatic carbocycles. The van der Waals surface area contributed by atoms with Gasteiger partial charge in [-0.25, -0.2) is 4.98 Å². The van der Waals surface area contributed by atoms with E-state index in [1.807, 2.05) is 0 Å². The molecule has 16 heavy (non-hydrogen) atoms. The van der Waals surface area contributed by atoms with Crippen LogP contribution in [-0.4, -0.2) is 37.1 Å². The average molecular weight is 245 g/mol. The van der Waals surface area contributed by atoms with Gasteiger partial charge in [-0.3, -0.25) is 4.79 Å². The van der Waals surface area contributed by atoms with Crippen LogP contribution in [0.4, 0.5) is 5.69 Å². The minimum Gasteiger partial charge on any atom is -0.475 e. The van der Waals surface area contributed by atoms with Crippen molar-refractivity contribution in [2.24, 2.45) is 0 Å². The third-order valence-corrected chi connectivity index (χ3v) is 1.92. The molecule has 0 aliphatic rings. The maximum Gasteiger partial charge on any atom is 0.239 e. The minimum absolute atomic E-state index is 0.0773. The van der Waals surface area contributed by atoms with Crippen molar-refractivity contribution < 1.29 is 14.3 Å². The molecule has 0 radical (unpaired) electrons. The molecule has 6 heteroatoms. The Bertz CT molecular complexity index is 329. The molecular weight excluding hydrogens is 232 g/mol. The number of methoxy groups -OCH3 is 1. The summed E-state index contributed by atoms with van der Waals surface area (Å²) in [4.78, 5) is 15.0. The summed E-state index contributed by atoms with van der Waals surface area (Å²) in [7, 11) is 1.60. The molecule has 1 N–H and O–H groups in total. The Hall–Kier alpha value is -1.33. The Morgan fingerprint density at radius 1 is 1.50 bits per heavy atom. The standard InChI is InChI=1S/C10H13ClN2O3/c1-15-4-5-16-10-3-2-8(7-12-10)13-9(14)6-11/h2-3,7H,4-6H2,1H3,(H,13,14). The summed E-state index contributed by atoms with van der Waals surface area (Å²) in [6.07, 6.45) is 1.51. The molecule has 0 atom stereocenters. The molecule has 0 fully saturated rings. The van der Waals surface area contributed by atoms with Crippen molar-refractivity contribution in [3.8, 4) is 5.88 Å². The molecule has 1 aromatic heterocycles. The zero-order chi connectivity index (χ0) is 11.8. The van der Waals surface area contributed by atoms with Crippen molar-refractivity contribution >= 4 is 23.2 Å². The third-order valence-electron chi connectivity index (χ3n) is 1.68. The van der Waals surface area contributed by atoms with Crippen LogP contribution in [0.5, 0.6) is 5.88 Å². The quantitative estimate of drug-likeness (QED) is 0.605. The number of amides is 1. The van der Waals surface area contributed by atoms with E-state index < -0.39 is 0 Å². The zero-order valence-electron chi connectivity index (χ0n) is 8.90. The van der Waals surface area contributed by atoms with Crippen LogP contribution in [0, 0.1) is 0 Å². The van der Waals surface area contributed by atoms with Gasteiger partial charge in [0.05, 0.1) is 18.5 Å². The maximum atomic E-state index is 11.0. The highest BCUT2D eigenvalue weighted by atomic mass is 35.5. The molecule has 5 nitrogen and oxygen atoms in total. The Morgan fingerprint density at radius 3 is 2.88 bits per heavy atom. The van der Waals surface area contributed by atoms with Gasteiger partial charge in [-0.15, -0.1) is 11.6 Å². The molecule has 0 saturated carbocycles. The zero-order valence-corrected chi connectivity index (χ0v) is 9.66. The summed E-state index contributed by atoms with van der Waals surface area (Å²) in [5.41, 5.74) is 0.588. The molecule has 1 heterocycles. The Kier molecular flexibility index (Phi) is 5.60. The van der Waals surface area contributed by atoms with Gasteiger partial charge < -0.3 is 14.8 Å². The van der Waals surface area contributed by atoms with E-state index in [1.165, 1.54) is 6.20 Å². The van der Waals surface area contributed by atoms with E-state index in [0.29, 0.717) is 24.8 Å². The molecule has 0 unspecified atom stereocenters. The molecule has 1 aromatic rings. The predicted octanol–water partition coefficient (Wildman–Crippen LogP) is 1.28. The van der Waals surface area contributed by atoms with Gasteiger partial charge in [-0.1, -0.05) is 0 Å². The molecule has 88 valence electrons. The Balaban J connectivity index is 2.44. The lowest BCUT2D eigenvalue weighted by Gasteiger charge is -2.05. The van der Waals surface area contributed by atoms with Gasteiger partial charge in [0.1, 0.15) is 12.5 Å². The number of halogens is 1. The topological polar surface area (TPSA) is 60.5 Å².